The van der Waals surface area contributed by atoms with Crippen LogP contribution in [-0.4, -0.2) is 76.1 Å². The van der Waals surface area contributed by atoms with Crippen molar-refractivity contribution in [3.63, 3.8) is 0 Å². The molecular weight excluding hydrogens is 354 g/mol. The fourth-order valence-electron chi connectivity index (χ4n) is 4.11. The van der Waals surface area contributed by atoms with Crippen LogP contribution in [0.25, 0.3) is 11.5 Å². The minimum absolute atomic E-state index is 0.0296. The Labute approximate surface area is 166 Å². The van der Waals surface area contributed by atoms with E-state index in [0.29, 0.717) is 18.3 Å². The standard InChI is InChI=1S/C21H29N5O2/c1-16-7-3-4-8-18(16)20-22-19(23-28-20)15-24-11-13-25(14-12-24)17(2)21(27)26-9-5-6-10-26/h3-4,7-8,17H,5-6,9-15H2,1-2H3. The molecule has 7 nitrogen and oxygen atoms in total. The van der Waals surface area contributed by atoms with Gasteiger partial charge in [-0.05, 0) is 38.3 Å². The molecule has 2 fully saturated rings. The summed E-state index contributed by atoms with van der Waals surface area (Å²) in [6.45, 7) is 10.2. The van der Waals surface area contributed by atoms with E-state index in [1.54, 1.807) is 0 Å². The Kier molecular flexibility index (Phi) is 5.73. The smallest absolute Gasteiger partial charge is 0.258 e. The number of benzene rings is 1. The van der Waals surface area contributed by atoms with Gasteiger partial charge in [-0.15, -0.1) is 0 Å². The summed E-state index contributed by atoms with van der Waals surface area (Å²) >= 11 is 0. The van der Waals surface area contributed by atoms with Gasteiger partial charge in [-0.3, -0.25) is 14.6 Å². The minimum Gasteiger partial charge on any atom is -0.341 e. The minimum atomic E-state index is -0.0296. The van der Waals surface area contributed by atoms with E-state index >= 15 is 0 Å². The molecule has 0 aliphatic carbocycles. The maximum atomic E-state index is 12.6. The van der Waals surface area contributed by atoms with Gasteiger partial charge in [-0.2, -0.15) is 4.98 Å². The second-order valence-electron chi connectivity index (χ2n) is 7.85. The molecule has 2 aliphatic rings. The summed E-state index contributed by atoms with van der Waals surface area (Å²) in [7, 11) is 0. The van der Waals surface area contributed by atoms with Crippen molar-refractivity contribution >= 4 is 5.91 Å². The normalized spacial score (nSPS) is 19.9. The van der Waals surface area contributed by atoms with Gasteiger partial charge < -0.3 is 9.42 Å². The second-order valence-corrected chi connectivity index (χ2v) is 7.85. The highest BCUT2D eigenvalue weighted by molar-refractivity contribution is 5.81. The maximum Gasteiger partial charge on any atom is 0.258 e. The molecule has 150 valence electrons. The predicted octanol–water partition coefficient (Wildman–Crippen LogP) is 2.17. The Morgan fingerprint density at radius 3 is 2.54 bits per heavy atom. The van der Waals surface area contributed by atoms with Gasteiger partial charge in [0.2, 0.25) is 5.91 Å². The fourth-order valence-corrected chi connectivity index (χ4v) is 4.11. The maximum absolute atomic E-state index is 12.6. The molecule has 7 heteroatoms. The number of carbonyl (C=O) groups is 1. The monoisotopic (exact) mass is 383 g/mol. The molecule has 2 aromatic rings. The third kappa shape index (κ3) is 4.10. The zero-order valence-electron chi connectivity index (χ0n) is 16.8. The van der Waals surface area contributed by atoms with Crippen LogP contribution in [0.4, 0.5) is 0 Å². The van der Waals surface area contributed by atoms with Gasteiger partial charge in [0.15, 0.2) is 5.82 Å². The lowest BCUT2D eigenvalue weighted by atomic mass is 10.1. The van der Waals surface area contributed by atoms with Crippen molar-refractivity contribution in [2.24, 2.45) is 0 Å². The molecule has 3 heterocycles. The van der Waals surface area contributed by atoms with Crippen LogP contribution in [0.3, 0.4) is 0 Å². The van der Waals surface area contributed by atoms with Gasteiger partial charge in [-0.1, -0.05) is 23.4 Å². The fraction of sp³-hybridized carbons (Fsp3) is 0.571. The first kappa shape index (κ1) is 19.1. The van der Waals surface area contributed by atoms with Crippen molar-refractivity contribution in [2.45, 2.75) is 39.3 Å². The SMILES string of the molecule is Cc1ccccc1-c1nc(CN2CCN(C(C)C(=O)N3CCCC3)CC2)no1. The molecule has 1 amide bonds. The van der Waals surface area contributed by atoms with Crippen molar-refractivity contribution in [2.75, 3.05) is 39.3 Å². The molecule has 0 N–H and O–H groups in total. The number of aromatic nitrogens is 2. The quantitative estimate of drug-likeness (QED) is 0.788. The number of amides is 1. The van der Waals surface area contributed by atoms with Crippen LogP contribution in [0.15, 0.2) is 28.8 Å². The average Bonchev–Trinajstić information content (AvgIpc) is 3.40. The molecule has 0 bridgehead atoms. The molecule has 28 heavy (non-hydrogen) atoms. The van der Waals surface area contributed by atoms with Gasteiger partial charge >= 0.3 is 0 Å². The highest BCUT2D eigenvalue weighted by atomic mass is 16.5. The Balaban J connectivity index is 1.30. The lowest BCUT2D eigenvalue weighted by Gasteiger charge is -2.38. The van der Waals surface area contributed by atoms with E-state index in [2.05, 4.69) is 19.9 Å². The van der Waals surface area contributed by atoms with Crippen LogP contribution in [0, 0.1) is 6.92 Å². The molecule has 0 radical (unpaired) electrons. The van der Waals surface area contributed by atoms with Crippen LogP contribution in [0.1, 0.15) is 31.2 Å². The van der Waals surface area contributed by atoms with Crippen molar-refractivity contribution < 1.29 is 9.32 Å². The summed E-state index contributed by atoms with van der Waals surface area (Å²) in [5.41, 5.74) is 2.11. The Morgan fingerprint density at radius 2 is 1.82 bits per heavy atom. The average molecular weight is 383 g/mol. The molecule has 0 spiro atoms. The van der Waals surface area contributed by atoms with Crippen molar-refractivity contribution in [1.29, 1.82) is 0 Å². The summed E-state index contributed by atoms with van der Waals surface area (Å²) in [5, 5.41) is 4.16. The molecule has 0 saturated carbocycles. The first-order chi connectivity index (χ1) is 13.6. The largest absolute Gasteiger partial charge is 0.341 e. The highest BCUT2D eigenvalue weighted by Crippen LogP contribution is 2.21. The Bertz CT molecular complexity index is 807. The molecule has 2 aliphatic heterocycles. The second kappa shape index (κ2) is 8.41. The lowest BCUT2D eigenvalue weighted by Crippen LogP contribution is -2.54. The molecule has 2 saturated heterocycles. The van der Waals surface area contributed by atoms with Gasteiger partial charge in [0.1, 0.15) is 0 Å². The van der Waals surface area contributed by atoms with Gasteiger partial charge in [0.25, 0.3) is 5.89 Å². The zero-order valence-corrected chi connectivity index (χ0v) is 16.8. The molecular formula is C21H29N5O2. The number of piperazine rings is 1. The van der Waals surface area contributed by atoms with Gasteiger partial charge in [0.05, 0.1) is 12.6 Å². The number of hydrogen-bond acceptors (Lipinski definition) is 6. The van der Waals surface area contributed by atoms with E-state index in [4.69, 9.17) is 4.52 Å². The predicted molar refractivity (Wildman–Crippen MR) is 107 cm³/mol. The molecule has 1 unspecified atom stereocenters. The molecule has 1 atom stereocenters. The topological polar surface area (TPSA) is 65.7 Å². The van der Waals surface area contributed by atoms with Crippen LogP contribution in [0.5, 0.6) is 0 Å². The molecule has 1 aromatic heterocycles. The first-order valence-electron chi connectivity index (χ1n) is 10.3. The van der Waals surface area contributed by atoms with E-state index in [1.165, 1.54) is 0 Å². The third-order valence-corrected chi connectivity index (χ3v) is 5.94. The number of likely N-dealkylation sites (tertiary alicyclic amines) is 1. The summed E-state index contributed by atoms with van der Waals surface area (Å²) in [5.74, 6) is 1.58. The van der Waals surface area contributed by atoms with Crippen molar-refractivity contribution in [1.82, 2.24) is 24.8 Å². The van der Waals surface area contributed by atoms with E-state index in [1.807, 2.05) is 43.0 Å². The summed E-state index contributed by atoms with van der Waals surface area (Å²) < 4.78 is 5.47. The Hall–Kier alpha value is -2.25. The van der Waals surface area contributed by atoms with E-state index in [9.17, 15) is 4.79 Å². The van der Waals surface area contributed by atoms with E-state index < -0.39 is 0 Å². The van der Waals surface area contributed by atoms with Gasteiger partial charge in [0, 0.05) is 44.8 Å². The summed E-state index contributed by atoms with van der Waals surface area (Å²) in [6, 6.07) is 8.01. The van der Waals surface area contributed by atoms with E-state index in [-0.39, 0.29) is 11.9 Å². The van der Waals surface area contributed by atoms with Crippen LogP contribution >= 0.6 is 0 Å². The highest BCUT2D eigenvalue weighted by Gasteiger charge is 2.30. The first-order valence-corrected chi connectivity index (χ1v) is 10.3. The number of nitrogens with zero attached hydrogens (tertiary/aromatic N) is 5. The number of hydrogen-bond donors (Lipinski definition) is 0. The van der Waals surface area contributed by atoms with Gasteiger partial charge in [-0.25, -0.2) is 0 Å². The van der Waals surface area contributed by atoms with Crippen LogP contribution in [-0.2, 0) is 11.3 Å². The lowest BCUT2D eigenvalue weighted by molar-refractivity contribution is -0.136. The van der Waals surface area contributed by atoms with Crippen LogP contribution < -0.4 is 0 Å². The Morgan fingerprint density at radius 1 is 1.11 bits per heavy atom. The summed E-state index contributed by atoms with van der Waals surface area (Å²) in [6.07, 6.45) is 2.28. The number of carbonyl (C=O) groups excluding carboxylic acids is 1. The summed E-state index contributed by atoms with van der Waals surface area (Å²) in [4.78, 5) is 23.8. The molecule has 4 rings (SSSR count). The van der Waals surface area contributed by atoms with Crippen molar-refractivity contribution in [3.05, 3.63) is 35.7 Å². The third-order valence-electron chi connectivity index (χ3n) is 5.94. The van der Waals surface area contributed by atoms with Crippen molar-refractivity contribution in [3.8, 4) is 11.5 Å². The number of rotatable bonds is 5. The van der Waals surface area contributed by atoms with Crippen LogP contribution in [0.2, 0.25) is 0 Å². The van der Waals surface area contributed by atoms with E-state index in [0.717, 1.165) is 63.2 Å². The zero-order chi connectivity index (χ0) is 19.5. The molecule has 1 aromatic carbocycles. The number of aryl methyl sites for hydroxylation is 1.